The number of anilines is 2. The number of rotatable bonds is 3. The fraction of sp³-hybridized carbons (Fsp3) is 0.389. The summed E-state index contributed by atoms with van der Waals surface area (Å²) in [5, 5.41) is 11.4. The lowest BCUT2D eigenvalue weighted by Crippen LogP contribution is -2.45. The molecule has 0 saturated carbocycles. The number of para-hydroxylation sites is 1. The second-order valence-electron chi connectivity index (χ2n) is 6.40. The number of carbonyl (C=O) groups is 1. The van der Waals surface area contributed by atoms with Crippen LogP contribution in [0.15, 0.2) is 42.5 Å². The maximum absolute atomic E-state index is 12.6. The van der Waals surface area contributed by atoms with Gasteiger partial charge in [-0.15, -0.1) is 5.10 Å². The van der Waals surface area contributed by atoms with Gasteiger partial charge in [-0.05, 0) is 44.0 Å². The van der Waals surface area contributed by atoms with E-state index in [1.165, 1.54) is 0 Å². The second-order valence-corrected chi connectivity index (χ2v) is 6.40. The molecule has 0 radical (unpaired) electrons. The first kappa shape index (κ1) is 15.5. The first-order valence-electron chi connectivity index (χ1n) is 7.99. The minimum Gasteiger partial charge on any atom is -0.355 e. The highest BCUT2D eigenvalue weighted by Crippen LogP contribution is 2.33. The van der Waals surface area contributed by atoms with Crippen LogP contribution in [0.2, 0.25) is 0 Å². The zero-order valence-corrected chi connectivity index (χ0v) is 13.6. The number of nitrogens with zero attached hydrogens (tertiary/aromatic N) is 3. The van der Waals surface area contributed by atoms with Crippen LogP contribution in [0.25, 0.3) is 0 Å². The molecule has 23 heavy (non-hydrogen) atoms. The Bertz CT molecular complexity index is 661. The van der Waals surface area contributed by atoms with Crippen molar-refractivity contribution in [3.63, 3.8) is 0 Å². The molecular weight excluding hydrogens is 288 g/mol. The third-order valence-electron chi connectivity index (χ3n) is 4.55. The number of hydrogen-bond donors (Lipinski definition) is 1. The van der Waals surface area contributed by atoms with Crippen LogP contribution < -0.4 is 10.2 Å². The number of benzene rings is 1. The Morgan fingerprint density at radius 2 is 1.78 bits per heavy atom. The van der Waals surface area contributed by atoms with E-state index in [9.17, 15) is 4.79 Å². The average molecular weight is 310 g/mol. The van der Waals surface area contributed by atoms with Gasteiger partial charge in [0.25, 0.3) is 0 Å². The Hall–Kier alpha value is -2.43. The van der Waals surface area contributed by atoms with E-state index in [0.717, 1.165) is 43.1 Å². The van der Waals surface area contributed by atoms with Crippen LogP contribution in [0, 0.1) is 12.3 Å². The number of hydrogen-bond acceptors (Lipinski definition) is 4. The predicted octanol–water partition coefficient (Wildman–Crippen LogP) is 3.03. The van der Waals surface area contributed by atoms with Crippen LogP contribution in [-0.4, -0.2) is 29.2 Å². The zero-order chi connectivity index (χ0) is 16.3. The fourth-order valence-corrected chi connectivity index (χ4v) is 2.82. The Morgan fingerprint density at radius 1 is 1.09 bits per heavy atom. The van der Waals surface area contributed by atoms with Crippen molar-refractivity contribution in [3.8, 4) is 0 Å². The lowest BCUT2D eigenvalue weighted by molar-refractivity contribution is -0.125. The molecule has 0 unspecified atom stereocenters. The van der Waals surface area contributed by atoms with Crippen LogP contribution in [0.4, 0.5) is 11.5 Å². The van der Waals surface area contributed by atoms with Gasteiger partial charge in [-0.2, -0.15) is 5.10 Å². The van der Waals surface area contributed by atoms with Gasteiger partial charge in [0.15, 0.2) is 5.82 Å². The summed E-state index contributed by atoms with van der Waals surface area (Å²) in [6.45, 7) is 5.61. The van der Waals surface area contributed by atoms with E-state index < -0.39 is 0 Å². The van der Waals surface area contributed by atoms with E-state index in [-0.39, 0.29) is 11.3 Å². The van der Waals surface area contributed by atoms with Crippen LogP contribution in [0.3, 0.4) is 0 Å². The number of piperidine rings is 1. The Balaban J connectivity index is 1.62. The molecule has 0 spiro atoms. The SMILES string of the molecule is Cc1ccc(N2CCC(C)(C(=O)Nc3ccccc3)CC2)nn1. The minimum absolute atomic E-state index is 0.0957. The van der Waals surface area contributed by atoms with Gasteiger partial charge in [0.2, 0.25) is 5.91 Å². The minimum atomic E-state index is -0.343. The predicted molar refractivity (Wildman–Crippen MR) is 91.4 cm³/mol. The molecule has 0 atom stereocenters. The van der Waals surface area contributed by atoms with Gasteiger partial charge in [0, 0.05) is 18.8 Å². The Labute approximate surface area is 136 Å². The molecule has 0 bridgehead atoms. The second kappa shape index (κ2) is 6.36. The Kier molecular flexibility index (Phi) is 4.28. The van der Waals surface area contributed by atoms with E-state index >= 15 is 0 Å². The first-order valence-corrected chi connectivity index (χ1v) is 7.99. The summed E-state index contributed by atoms with van der Waals surface area (Å²) in [6, 6.07) is 13.6. The summed E-state index contributed by atoms with van der Waals surface area (Å²) in [6.07, 6.45) is 1.61. The van der Waals surface area contributed by atoms with Crippen molar-refractivity contribution in [1.29, 1.82) is 0 Å². The lowest BCUT2D eigenvalue weighted by Gasteiger charge is -2.38. The highest BCUT2D eigenvalue weighted by molar-refractivity contribution is 5.95. The van der Waals surface area contributed by atoms with Crippen molar-refractivity contribution in [2.45, 2.75) is 26.7 Å². The largest absolute Gasteiger partial charge is 0.355 e. The normalized spacial score (nSPS) is 16.9. The molecular formula is C18H22N4O. The van der Waals surface area contributed by atoms with Gasteiger partial charge in [0.1, 0.15) is 0 Å². The summed E-state index contributed by atoms with van der Waals surface area (Å²) >= 11 is 0. The van der Waals surface area contributed by atoms with E-state index in [1.54, 1.807) is 0 Å². The maximum Gasteiger partial charge on any atom is 0.230 e. The number of aromatic nitrogens is 2. The highest BCUT2D eigenvalue weighted by Gasteiger charge is 2.37. The summed E-state index contributed by atoms with van der Waals surface area (Å²) in [5.41, 5.74) is 1.42. The lowest BCUT2D eigenvalue weighted by atomic mass is 9.79. The average Bonchev–Trinajstić information content (AvgIpc) is 2.57. The number of carbonyl (C=O) groups excluding carboxylic acids is 1. The van der Waals surface area contributed by atoms with Crippen LogP contribution in [0.1, 0.15) is 25.5 Å². The first-order chi connectivity index (χ1) is 11.1. The van der Waals surface area contributed by atoms with Crippen LogP contribution in [-0.2, 0) is 4.79 Å². The molecule has 1 N–H and O–H groups in total. The van der Waals surface area contributed by atoms with Crippen molar-refractivity contribution < 1.29 is 4.79 Å². The topological polar surface area (TPSA) is 58.1 Å². The molecule has 5 nitrogen and oxygen atoms in total. The van der Waals surface area contributed by atoms with Gasteiger partial charge in [-0.3, -0.25) is 4.79 Å². The smallest absolute Gasteiger partial charge is 0.230 e. The molecule has 1 amide bonds. The Morgan fingerprint density at radius 3 is 2.39 bits per heavy atom. The molecule has 3 rings (SSSR count). The van der Waals surface area contributed by atoms with Gasteiger partial charge in [-0.1, -0.05) is 25.1 Å². The van der Waals surface area contributed by atoms with Gasteiger partial charge >= 0.3 is 0 Å². The molecule has 1 fully saturated rings. The molecule has 120 valence electrons. The van der Waals surface area contributed by atoms with Crippen molar-refractivity contribution in [2.75, 3.05) is 23.3 Å². The van der Waals surface area contributed by atoms with Gasteiger partial charge in [0.05, 0.1) is 11.1 Å². The summed E-state index contributed by atoms with van der Waals surface area (Å²) in [4.78, 5) is 14.8. The highest BCUT2D eigenvalue weighted by atomic mass is 16.2. The van der Waals surface area contributed by atoms with Crippen LogP contribution in [0.5, 0.6) is 0 Å². The van der Waals surface area contributed by atoms with Gasteiger partial charge < -0.3 is 10.2 Å². The van der Waals surface area contributed by atoms with E-state index in [2.05, 4.69) is 20.4 Å². The third-order valence-corrected chi connectivity index (χ3v) is 4.55. The van der Waals surface area contributed by atoms with E-state index in [1.807, 2.05) is 56.3 Å². The molecule has 2 heterocycles. The summed E-state index contributed by atoms with van der Waals surface area (Å²) < 4.78 is 0. The number of amides is 1. The number of nitrogens with one attached hydrogen (secondary N) is 1. The molecule has 1 aliphatic rings. The molecule has 0 aliphatic carbocycles. The standard InChI is InChI=1S/C18H22N4O/c1-14-8-9-16(21-20-14)22-12-10-18(2,11-13-22)17(23)19-15-6-4-3-5-7-15/h3-9H,10-13H2,1-2H3,(H,19,23). The maximum atomic E-state index is 12.6. The van der Waals surface area contributed by atoms with Crippen molar-refractivity contribution in [1.82, 2.24) is 10.2 Å². The summed E-state index contributed by atoms with van der Waals surface area (Å²) in [7, 11) is 0. The van der Waals surface area contributed by atoms with Crippen molar-refractivity contribution in [2.24, 2.45) is 5.41 Å². The molecule has 2 aromatic rings. The number of aryl methyl sites for hydroxylation is 1. The van der Waals surface area contributed by atoms with Crippen molar-refractivity contribution in [3.05, 3.63) is 48.2 Å². The molecule has 1 saturated heterocycles. The molecule has 1 aliphatic heterocycles. The van der Waals surface area contributed by atoms with E-state index in [0.29, 0.717) is 0 Å². The quantitative estimate of drug-likeness (QED) is 0.946. The van der Waals surface area contributed by atoms with Crippen molar-refractivity contribution >= 4 is 17.4 Å². The summed E-state index contributed by atoms with van der Waals surface area (Å²) in [5.74, 6) is 0.986. The molecule has 1 aromatic carbocycles. The third kappa shape index (κ3) is 3.50. The van der Waals surface area contributed by atoms with E-state index in [4.69, 9.17) is 0 Å². The van der Waals surface area contributed by atoms with Gasteiger partial charge in [-0.25, -0.2) is 0 Å². The zero-order valence-electron chi connectivity index (χ0n) is 13.6. The van der Waals surface area contributed by atoms with Crippen LogP contribution >= 0.6 is 0 Å². The fourth-order valence-electron chi connectivity index (χ4n) is 2.82. The molecule has 1 aromatic heterocycles. The monoisotopic (exact) mass is 310 g/mol. The molecule has 5 heteroatoms.